The molecule has 0 rings (SSSR count). The summed E-state index contributed by atoms with van der Waals surface area (Å²) >= 11 is 0. The van der Waals surface area contributed by atoms with Crippen LogP contribution in [0.25, 0.3) is 0 Å². The first-order valence-electron chi connectivity index (χ1n) is 26.2. The molecule has 0 saturated heterocycles. The van der Waals surface area contributed by atoms with Gasteiger partial charge in [0.1, 0.15) is 0 Å². The Kier molecular flexibility index (Phi) is 52.8. The van der Waals surface area contributed by atoms with Crippen LogP contribution in [0.3, 0.4) is 0 Å². The molecule has 0 spiro atoms. The smallest absolute Gasteiger partial charge is 0.185 e. The second-order valence-corrected chi connectivity index (χ2v) is 20.0. The highest BCUT2D eigenvalue weighted by Crippen LogP contribution is 2.06. The van der Waals surface area contributed by atoms with Crippen molar-refractivity contribution in [1.29, 1.82) is 0 Å². The minimum atomic E-state index is -0.591. The first-order valence-corrected chi connectivity index (χ1v) is 26.2. The third-order valence-electron chi connectivity index (χ3n) is 10.1. The van der Waals surface area contributed by atoms with E-state index in [-0.39, 0.29) is 125 Å². The Balaban J connectivity index is -0.000000200. The zero-order chi connectivity index (χ0) is 62.6. The lowest BCUT2D eigenvalue weighted by atomic mass is 9.99. The van der Waals surface area contributed by atoms with Crippen molar-refractivity contribution in [3.63, 3.8) is 0 Å². The molecule has 7 atom stereocenters. The molecule has 0 radical (unpaired) electrons. The Hall–Kier alpha value is -5.95. The van der Waals surface area contributed by atoms with E-state index in [1.165, 1.54) is 0 Å². The van der Waals surface area contributed by atoms with Crippen LogP contribution in [0.2, 0.25) is 0 Å². The van der Waals surface area contributed by atoms with Crippen molar-refractivity contribution in [2.45, 2.75) is 171 Å². The van der Waals surface area contributed by atoms with Crippen molar-refractivity contribution in [1.82, 2.24) is 5.32 Å². The lowest BCUT2D eigenvalue weighted by Crippen LogP contribution is -2.47. The van der Waals surface area contributed by atoms with E-state index in [1.54, 1.807) is 13.8 Å². The highest BCUT2D eigenvalue weighted by Gasteiger charge is 2.20. The molecular formula is C49H111N23O6. The van der Waals surface area contributed by atoms with Gasteiger partial charge in [-0.05, 0) is 45.4 Å². The number of carbonyl (C=O) groups is 6. The maximum Gasteiger partial charge on any atom is 0.185 e. The van der Waals surface area contributed by atoms with Crippen LogP contribution in [0.5, 0.6) is 0 Å². The Morgan fingerprint density at radius 2 is 0.526 bits per heavy atom. The van der Waals surface area contributed by atoms with E-state index in [9.17, 15) is 28.8 Å². The largest absolute Gasteiger partial charge is 0.370 e. The fourth-order valence-electron chi connectivity index (χ4n) is 5.55. The van der Waals surface area contributed by atoms with Crippen molar-refractivity contribution in [3.8, 4) is 0 Å². The molecule has 1 unspecified atom stereocenters. The first-order chi connectivity index (χ1) is 35.7. The minimum Gasteiger partial charge on any atom is -0.370 e. The molecule has 0 fully saturated rings. The summed E-state index contributed by atoms with van der Waals surface area (Å²) in [5.74, 6) is 0.343. The monoisotopic (exact) mass is 1120 g/mol. The molecule has 0 aromatic carbocycles. The normalized spacial score (nSPS) is 13.2. The van der Waals surface area contributed by atoms with Crippen molar-refractivity contribution in [2.75, 3.05) is 39.3 Å². The predicted molar refractivity (Wildman–Crippen MR) is 320 cm³/mol. The summed E-state index contributed by atoms with van der Waals surface area (Å²) in [6.07, 6.45) is 3.61. The summed E-state index contributed by atoms with van der Waals surface area (Å²) in [5.41, 5.74) is 90.3. The van der Waals surface area contributed by atoms with E-state index in [2.05, 4.69) is 30.3 Å². The van der Waals surface area contributed by atoms with Gasteiger partial charge in [0.2, 0.25) is 0 Å². The van der Waals surface area contributed by atoms with E-state index in [1.807, 2.05) is 76.2 Å². The molecule has 458 valence electrons. The predicted octanol–water partition coefficient (Wildman–Crippen LogP) is -4.17. The maximum absolute atomic E-state index is 11.4. The second-order valence-electron chi connectivity index (χ2n) is 20.0. The van der Waals surface area contributed by atoms with E-state index >= 15 is 0 Å². The zero-order valence-corrected chi connectivity index (χ0v) is 49.5. The van der Waals surface area contributed by atoms with E-state index in [0.717, 1.165) is 12.8 Å². The van der Waals surface area contributed by atoms with E-state index < -0.39 is 24.2 Å². The first kappa shape index (κ1) is 83.4. The van der Waals surface area contributed by atoms with Crippen LogP contribution in [0.4, 0.5) is 0 Å². The highest BCUT2D eigenvalue weighted by molar-refractivity contribution is 5.88. The van der Waals surface area contributed by atoms with Crippen LogP contribution in [-0.4, -0.2) is 146 Å². The van der Waals surface area contributed by atoms with Gasteiger partial charge in [0.25, 0.3) is 0 Å². The molecule has 0 heterocycles. The molecule has 0 aliphatic heterocycles. The Labute approximate surface area is 465 Å². The lowest BCUT2D eigenvalue weighted by molar-refractivity contribution is -0.124. The Morgan fingerprint density at radius 1 is 0.308 bits per heavy atom. The number of carbonyl (C=O) groups excluding carboxylic acids is 6. The number of nitrogens with zero attached hydrogens (tertiary/aromatic N) is 5. The molecule has 0 bridgehead atoms. The number of nitrogens with two attached hydrogens (primary N) is 17. The summed E-state index contributed by atoms with van der Waals surface area (Å²) in [6, 6.07) is -2.71. The third-order valence-corrected chi connectivity index (χ3v) is 10.1. The standard InChI is InChI=1S/2C9H20N4O.2C8H18N4O.C8H19N3O.C7H16N4O/c2*1-6(2)8(14)7(10)4-3-5-13-9(11)12;2*1-5(2)7(13)6(9)3-4-12-8(10)11;1-5(2)8(12)7(10)4-11-6(3)9;1-4(2)6(12)5(8)3-11-7(9)10/h2*6-7H,3-5,10H2,1-2H3,(H4,11,12,13);2*5-6H,3-4,9H2,1-2H3,(H4,10,11,12);5-7,11H,4,9-10H2,1-3H3;4-5H,3,8H2,1-2H3,(H4,9,10,11)/t2*7-;2*6-;6?,7-;5-/m101010/s1. The molecule has 0 aliphatic rings. The van der Waals surface area contributed by atoms with Gasteiger partial charge < -0.3 is 103 Å². The van der Waals surface area contributed by atoms with Gasteiger partial charge in [-0.1, -0.05) is 83.1 Å². The van der Waals surface area contributed by atoms with Gasteiger partial charge >= 0.3 is 0 Å². The number of aliphatic imine (C=N–C) groups is 5. The van der Waals surface area contributed by atoms with Crippen molar-refractivity contribution < 1.29 is 28.8 Å². The summed E-state index contributed by atoms with van der Waals surface area (Å²) in [4.78, 5) is 86.5. The Bertz CT molecular complexity index is 1710. The molecule has 0 aliphatic carbocycles. The zero-order valence-electron chi connectivity index (χ0n) is 49.5. The average molecular weight is 1120 g/mol. The molecule has 29 heteroatoms. The van der Waals surface area contributed by atoms with Gasteiger partial charge in [0, 0.05) is 68.2 Å². The molecule has 0 aromatic rings. The minimum absolute atomic E-state index is 0.00474. The van der Waals surface area contributed by atoms with Crippen LogP contribution >= 0.6 is 0 Å². The maximum atomic E-state index is 11.4. The number of hydrogen-bond donors (Lipinski definition) is 18. The van der Waals surface area contributed by atoms with Gasteiger partial charge in [-0.3, -0.25) is 53.7 Å². The number of ketones is 6. The molecule has 0 saturated carbocycles. The summed E-state index contributed by atoms with van der Waals surface area (Å²) < 4.78 is 0. The average Bonchev–Trinajstić information content (AvgIpc) is 3.33. The fraction of sp³-hybridized carbons (Fsp3) is 0.776. The Morgan fingerprint density at radius 3 is 0.756 bits per heavy atom. The SMILES string of the molecule is CC(C)C(=O)[C@@H](N)CCCN=C(N)N.CC(C)C(=O)[C@@H](N)CCN=C(N)N.CC(C)C(=O)[C@@H](N)CN=C(N)N.CC(C)C(=O)[C@H](N)CCCN=C(N)N.CC(C)C(=O)[C@H](N)CCN=C(N)N.CC(N)NC[C@@H](N)C(=O)C(C)C. The van der Waals surface area contributed by atoms with Crippen LogP contribution in [0, 0.1) is 35.5 Å². The van der Waals surface area contributed by atoms with E-state index in [4.69, 9.17) is 97.5 Å². The van der Waals surface area contributed by atoms with E-state index in [0.29, 0.717) is 58.4 Å². The summed E-state index contributed by atoms with van der Waals surface area (Å²) in [7, 11) is 0. The summed E-state index contributed by atoms with van der Waals surface area (Å²) in [5, 5.41) is 2.91. The topological polar surface area (TPSA) is 619 Å². The van der Waals surface area contributed by atoms with Crippen LogP contribution in [0.1, 0.15) is 129 Å². The molecule has 0 aromatic heterocycles. The van der Waals surface area contributed by atoms with Crippen molar-refractivity contribution >= 4 is 64.5 Å². The van der Waals surface area contributed by atoms with Gasteiger partial charge in [0.15, 0.2) is 64.5 Å². The number of hydrogen-bond acceptors (Lipinski definition) is 19. The number of Topliss-reactive ketones (excluding diaryl/α,β-unsaturated/α-hetero) is 6. The molecule has 29 nitrogen and oxygen atoms in total. The van der Waals surface area contributed by atoms with Crippen LogP contribution in [-0.2, 0) is 28.8 Å². The second kappa shape index (κ2) is 49.4. The number of rotatable bonds is 31. The molecule has 78 heavy (non-hydrogen) atoms. The quantitative estimate of drug-likeness (QED) is 0.0136. The van der Waals surface area contributed by atoms with Gasteiger partial charge in [0.05, 0.1) is 49.0 Å². The lowest BCUT2D eigenvalue weighted by Gasteiger charge is -2.15. The molecular weight excluding hydrogens is 1010 g/mol. The van der Waals surface area contributed by atoms with Crippen LogP contribution in [0.15, 0.2) is 25.0 Å². The van der Waals surface area contributed by atoms with Gasteiger partial charge in [-0.25, -0.2) is 0 Å². The van der Waals surface area contributed by atoms with Crippen molar-refractivity contribution in [3.05, 3.63) is 0 Å². The third kappa shape index (κ3) is 54.8. The van der Waals surface area contributed by atoms with Gasteiger partial charge in [-0.15, -0.1) is 0 Å². The van der Waals surface area contributed by atoms with Crippen molar-refractivity contribution in [2.24, 2.45) is 158 Å². The number of nitrogens with one attached hydrogen (secondary N) is 1. The highest BCUT2D eigenvalue weighted by atomic mass is 16.1. The molecule has 0 amide bonds. The number of guanidine groups is 5. The summed E-state index contributed by atoms with van der Waals surface area (Å²) in [6.45, 7) is 26.2. The molecule has 35 N–H and O–H groups in total. The fourth-order valence-corrected chi connectivity index (χ4v) is 5.55. The van der Waals surface area contributed by atoms with Gasteiger partial charge in [-0.2, -0.15) is 0 Å². The van der Waals surface area contributed by atoms with Crippen LogP contribution < -0.4 is 103 Å².